The highest BCUT2D eigenvalue weighted by atomic mass is 32.2. The third kappa shape index (κ3) is 4.98. The average Bonchev–Trinajstić information content (AvgIpc) is 3.08. The molecule has 0 aliphatic rings. The fourth-order valence-electron chi connectivity index (χ4n) is 2.73. The van der Waals surface area contributed by atoms with E-state index in [0.29, 0.717) is 0 Å². The highest BCUT2D eigenvalue weighted by Crippen LogP contribution is 2.29. The molecule has 0 bridgehead atoms. The molecule has 11 nitrogen and oxygen atoms in total. The van der Waals surface area contributed by atoms with Crippen LogP contribution in [0, 0.1) is 6.92 Å². The second kappa shape index (κ2) is 9.10. The molecule has 0 aliphatic carbocycles. The number of hydrogen-bond donors (Lipinski definition) is 2. The number of rotatable bonds is 8. The van der Waals surface area contributed by atoms with Crippen molar-refractivity contribution in [1.29, 1.82) is 0 Å². The van der Waals surface area contributed by atoms with E-state index in [1.165, 1.54) is 12.1 Å². The van der Waals surface area contributed by atoms with E-state index in [0.717, 1.165) is 0 Å². The summed E-state index contributed by atoms with van der Waals surface area (Å²) in [6.45, 7) is 2.45. The highest BCUT2D eigenvalue weighted by Gasteiger charge is 2.24. The van der Waals surface area contributed by atoms with Crippen LogP contribution in [-0.4, -0.2) is 43.5 Å². The van der Waals surface area contributed by atoms with Crippen LogP contribution in [0.2, 0.25) is 0 Å². The molecule has 3 N–H and O–H groups in total. The highest BCUT2D eigenvalue weighted by molar-refractivity contribution is 7.89. The molecule has 0 aliphatic heterocycles. The average molecular weight is 448 g/mol. The molecule has 3 aromatic rings. The van der Waals surface area contributed by atoms with Gasteiger partial charge in [-0.15, -0.1) is 0 Å². The molecule has 1 aromatic carbocycles. The molecule has 0 unspecified atom stereocenters. The molecule has 0 fully saturated rings. The SMILES string of the molecule is CCOC(=O)c1c(C)oc2nc(COC(=O)CNS(=O)(=O)c3ccccc3)nc(N)c12. The van der Waals surface area contributed by atoms with Crippen LogP contribution in [0.3, 0.4) is 0 Å². The smallest absolute Gasteiger partial charge is 0.342 e. The molecule has 2 heterocycles. The second-order valence-electron chi connectivity index (χ2n) is 6.26. The summed E-state index contributed by atoms with van der Waals surface area (Å²) in [5.74, 6) is -1.21. The predicted molar refractivity (Wildman–Crippen MR) is 108 cm³/mol. The number of fused-ring (bicyclic) bond motifs is 1. The van der Waals surface area contributed by atoms with E-state index >= 15 is 0 Å². The van der Waals surface area contributed by atoms with Crippen LogP contribution in [0.1, 0.15) is 28.9 Å². The summed E-state index contributed by atoms with van der Waals surface area (Å²) in [5.41, 5.74) is 6.12. The van der Waals surface area contributed by atoms with Crippen LogP contribution >= 0.6 is 0 Å². The molecule has 2 aromatic heterocycles. The molecule has 0 saturated heterocycles. The number of nitrogens with two attached hydrogens (primary N) is 1. The van der Waals surface area contributed by atoms with Crippen molar-refractivity contribution in [2.75, 3.05) is 18.9 Å². The minimum absolute atomic E-state index is 0.0217. The van der Waals surface area contributed by atoms with Crippen LogP contribution in [-0.2, 0) is 30.9 Å². The van der Waals surface area contributed by atoms with Gasteiger partial charge in [-0.1, -0.05) is 18.2 Å². The lowest BCUT2D eigenvalue weighted by Crippen LogP contribution is -2.30. The van der Waals surface area contributed by atoms with Gasteiger partial charge in [0, 0.05) is 0 Å². The normalized spacial score (nSPS) is 11.4. The van der Waals surface area contributed by atoms with Crippen molar-refractivity contribution in [1.82, 2.24) is 14.7 Å². The molecule has 31 heavy (non-hydrogen) atoms. The van der Waals surface area contributed by atoms with Gasteiger partial charge in [0.15, 0.2) is 12.4 Å². The summed E-state index contributed by atoms with van der Waals surface area (Å²) in [6.07, 6.45) is 0. The van der Waals surface area contributed by atoms with Crippen molar-refractivity contribution in [2.45, 2.75) is 25.3 Å². The van der Waals surface area contributed by atoms with E-state index in [1.54, 1.807) is 32.0 Å². The quantitative estimate of drug-likeness (QED) is 0.480. The number of sulfonamides is 1. The van der Waals surface area contributed by atoms with Crippen LogP contribution < -0.4 is 10.5 Å². The van der Waals surface area contributed by atoms with E-state index < -0.39 is 28.5 Å². The van der Waals surface area contributed by atoms with Crippen LogP contribution in [0.25, 0.3) is 11.1 Å². The van der Waals surface area contributed by atoms with E-state index in [-0.39, 0.29) is 52.2 Å². The number of aryl methyl sites for hydroxylation is 1. The van der Waals surface area contributed by atoms with Gasteiger partial charge in [0.05, 0.1) is 16.9 Å². The van der Waals surface area contributed by atoms with E-state index in [9.17, 15) is 18.0 Å². The summed E-state index contributed by atoms with van der Waals surface area (Å²) < 4.78 is 41.9. The van der Waals surface area contributed by atoms with Gasteiger partial charge in [0.2, 0.25) is 15.7 Å². The Kier molecular flexibility index (Phi) is 6.51. The summed E-state index contributed by atoms with van der Waals surface area (Å²) in [5, 5.41) is 0.210. The van der Waals surface area contributed by atoms with Crippen molar-refractivity contribution in [3.63, 3.8) is 0 Å². The third-order valence-electron chi connectivity index (χ3n) is 4.10. The Labute approximate surface area is 177 Å². The topological polar surface area (TPSA) is 164 Å². The fraction of sp³-hybridized carbons (Fsp3) is 0.263. The Bertz CT molecular complexity index is 1220. The van der Waals surface area contributed by atoms with Gasteiger partial charge < -0.3 is 19.6 Å². The number of ether oxygens (including phenoxy) is 2. The van der Waals surface area contributed by atoms with Gasteiger partial charge in [0.1, 0.15) is 23.7 Å². The fourth-order valence-corrected chi connectivity index (χ4v) is 3.72. The molecule has 164 valence electrons. The first-order valence-electron chi connectivity index (χ1n) is 9.16. The minimum atomic E-state index is -3.85. The number of anilines is 1. The Morgan fingerprint density at radius 2 is 1.87 bits per heavy atom. The number of benzene rings is 1. The van der Waals surface area contributed by atoms with Gasteiger partial charge in [0.25, 0.3) is 0 Å². The maximum Gasteiger partial charge on any atom is 0.342 e. The van der Waals surface area contributed by atoms with Crippen molar-refractivity contribution in [3.05, 3.63) is 47.5 Å². The van der Waals surface area contributed by atoms with Crippen molar-refractivity contribution >= 4 is 38.9 Å². The molecule has 3 rings (SSSR count). The first-order chi connectivity index (χ1) is 14.7. The number of furan rings is 1. The first kappa shape index (κ1) is 22.2. The van der Waals surface area contributed by atoms with Gasteiger partial charge in [-0.05, 0) is 26.0 Å². The monoisotopic (exact) mass is 448 g/mol. The second-order valence-corrected chi connectivity index (χ2v) is 8.02. The minimum Gasteiger partial charge on any atom is -0.462 e. The molecular weight excluding hydrogens is 428 g/mol. The third-order valence-corrected chi connectivity index (χ3v) is 5.52. The molecule has 0 spiro atoms. The lowest BCUT2D eigenvalue weighted by atomic mass is 10.2. The van der Waals surface area contributed by atoms with E-state index in [2.05, 4.69) is 14.7 Å². The molecular formula is C19H20N4O7S. The standard InChI is InChI=1S/C19H20N4O7S/c1-3-28-19(25)15-11(2)30-18-16(15)17(20)22-13(23-18)10-29-14(24)9-21-31(26,27)12-7-5-4-6-8-12/h4-8,21H,3,9-10H2,1-2H3,(H2,20,22,23). The number of carbonyl (C=O) groups excluding carboxylic acids is 2. The Morgan fingerprint density at radius 3 is 2.55 bits per heavy atom. The zero-order valence-electron chi connectivity index (χ0n) is 16.7. The van der Waals surface area contributed by atoms with E-state index in [1.807, 2.05) is 0 Å². The number of nitrogens with zero attached hydrogens (tertiary/aromatic N) is 2. The lowest BCUT2D eigenvalue weighted by molar-refractivity contribution is -0.143. The summed E-state index contributed by atoms with van der Waals surface area (Å²) in [7, 11) is -3.85. The predicted octanol–water partition coefficient (Wildman–Crippen LogP) is 1.31. The number of aromatic nitrogens is 2. The molecule has 0 saturated carbocycles. The summed E-state index contributed by atoms with van der Waals surface area (Å²) >= 11 is 0. The zero-order valence-corrected chi connectivity index (χ0v) is 17.6. The summed E-state index contributed by atoms with van der Waals surface area (Å²) in [6, 6.07) is 7.60. The van der Waals surface area contributed by atoms with Gasteiger partial charge in [-0.3, -0.25) is 4.79 Å². The van der Waals surface area contributed by atoms with Crippen LogP contribution in [0.15, 0.2) is 39.6 Å². The van der Waals surface area contributed by atoms with Crippen molar-refractivity contribution in [2.24, 2.45) is 0 Å². The molecule has 0 atom stereocenters. The van der Waals surface area contributed by atoms with Gasteiger partial charge in [-0.25, -0.2) is 18.2 Å². The molecule has 0 amide bonds. The maximum atomic E-state index is 12.1. The molecule has 0 radical (unpaired) electrons. The van der Waals surface area contributed by atoms with Crippen LogP contribution in [0.4, 0.5) is 5.82 Å². The number of esters is 2. The lowest BCUT2D eigenvalue weighted by Gasteiger charge is -2.07. The maximum absolute atomic E-state index is 12.1. The molecule has 12 heteroatoms. The Balaban J connectivity index is 1.67. The zero-order chi connectivity index (χ0) is 22.6. The Hall–Kier alpha value is -3.51. The van der Waals surface area contributed by atoms with Gasteiger partial charge in [-0.2, -0.15) is 9.71 Å². The number of nitrogens with one attached hydrogen (secondary N) is 1. The number of carbonyl (C=O) groups is 2. The first-order valence-corrected chi connectivity index (χ1v) is 10.6. The van der Waals surface area contributed by atoms with Crippen molar-refractivity contribution in [3.8, 4) is 0 Å². The summed E-state index contributed by atoms with van der Waals surface area (Å²) in [4.78, 5) is 32.2. The van der Waals surface area contributed by atoms with Crippen LogP contribution in [0.5, 0.6) is 0 Å². The van der Waals surface area contributed by atoms with Gasteiger partial charge >= 0.3 is 11.9 Å². The van der Waals surface area contributed by atoms with E-state index in [4.69, 9.17) is 19.6 Å². The largest absolute Gasteiger partial charge is 0.462 e. The number of nitrogen functional groups attached to an aromatic ring is 1. The number of hydrogen-bond acceptors (Lipinski definition) is 10. The Morgan fingerprint density at radius 1 is 1.16 bits per heavy atom. The van der Waals surface area contributed by atoms with Crippen molar-refractivity contribution < 1.29 is 31.9 Å².